The lowest BCUT2D eigenvalue weighted by Crippen LogP contribution is -2.15. The summed E-state index contributed by atoms with van der Waals surface area (Å²) >= 11 is 0.708. The zero-order valence-electron chi connectivity index (χ0n) is 20.5. The second kappa shape index (κ2) is 10.4. The van der Waals surface area contributed by atoms with E-state index in [2.05, 4.69) is 9.37 Å². The van der Waals surface area contributed by atoms with Crippen LogP contribution in [0.25, 0.3) is 38.9 Å². The lowest BCUT2D eigenvalue weighted by atomic mass is 10.0. The normalized spacial score (nSPS) is 12.5. The molecule has 4 aromatic rings. The maximum Gasteiger partial charge on any atom is 0.295 e. The summed E-state index contributed by atoms with van der Waals surface area (Å²) in [4.78, 5) is 9.84. The summed E-state index contributed by atoms with van der Waals surface area (Å²) in [5.74, 6) is 0. The predicted octanol–water partition coefficient (Wildman–Crippen LogP) is 5.77. The molecule has 0 aromatic heterocycles. The predicted molar refractivity (Wildman–Crippen MR) is 152 cm³/mol. The minimum absolute atomic E-state index is 0.231. The second-order valence-corrected chi connectivity index (χ2v) is 10.9. The van der Waals surface area contributed by atoms with Crippen LogP contribution in [0.3, 0.4) is 0 Å². The molecule has 0 spiro atoms. The smallest absolute Gasteiger partial charge is 0.295 e. The van der Waals surface area contributed by atoms with Crippen LogP contribution in [0.5, 0.6) is 0 Å². The Kier molecular flexibility index (Phi) is 6.72. The van der Waals surface area contributed by atoms with Gasteiger partial charge >= 0.3 is 0 Å². The van der Waals surface area contributed by atoms with Crippen LogP contribution < -0.4 is 11.1 Å². The highest BCUT2D eigenvalue weighted by atomic mass is 32.2. The van der Waals surface area contributed by atoms with Crippen molar-refractivity contribution in [1.82, 2.24) is 9.55 Å². The Morgan fingerprint density at radius 2 is 1.65 bits per heavy atom. The molecule has 0 unspecified atom stereocenters. The lowest BCUT2D eigenvalue weighted by Gasteiger charge is -2.21. The van der Waals surface area contributed by atoms with Crippen molar-refractivity contribution in [2.24, 2.45) is 4.99 Å². The standard InChI is InChI=1S/C28H20N4O6S2/c29-20-14-23-21(16-25(20)39-38-37-33)31-28-19-12-7-13-26(40(34,35)36)27(19)22(30-17-8-3-1-4-9-17)15-24(28)32(23)18-10-5-2-6-11-18/h1-16,33H,29H2,(H,34,35,36). The molecule has 0 fully saturated rings. The summed E-state index contributed by atoms with van der Waals surface area (Å²) in [5, 5.41) is 13.4. The third-order valence-corrected chi connectivity index (χ3v) is 7.88. The van der Waals surface area contributed by atoms with Crippen molar-refractivity contribution in [1.29, 1.82) is 0 Å². The lowest BCUT2D eigenvalue weighted by molar-refractivity contribution is -0.432. The van der Waals surface area contributed by atoms with Crippen LogP contribution in [0.2, 0.25) is 0 Å². The average Bonchev–Trinajstić information content (AvgIpc) is 2.95. The van der Waals surface area contributed by atoms with E-state index in [1.165, 1.54) is 6.07 Å². The highest BCUT2D eigenvalue weighted by molar-refractivity contribution is 7.94. The van der Waals surface area contributed by atoms with Crippen LogP contribution in [0, 0.1) is 0 Å². The van der Waals surface area contributed by atoms with Gasteiger partial charge in [0.15, 0.2) is 0 Å². The number of hydrogen-bond acceptors (Lipinski definition) is 9. The molecule has 40 heavy (non-hydrogen) atoms. The first-order chi connectivity index (χ1) is 19.3. The third-order valence-electron chi connectivity index (χ3n) is 6.33. The first-order valence-corrected chi connectivity index (χ1v) is 14.0. The van der Waals surface area contributed by atoms with Gasteiger partial charge in [0.2, 0.25) is 0 Å². The monoisotopic (exact) mass is 572 g/mol. The quantitative estimate of drug-likeness (QED) is 0.0430. The van der Waals surface area contributed by atoms with E-state index in [0.717, 1.165) is 5.69 Å². The van der Waals surface area contributed by atoms with Gasteiger partial charge in [-0.1, -0.05) is 53.6 Å². The molecule has 1 aliphatic carbocycles. The van der Waals surface area contributed by atoms with E-state index in [9.17, 15) is 13.0 Å². The van der Waals surface area contributed by atoms with Gasteiger partial charge in [-0.15, -0.1) is 4.33 Å². The molecular weight excluding hydrogens is 552 g/mol. The van der Waals surface area contributed by atoms with E-state index in [4.69, 9.17) is 21.0 Å². The molecule has 0 saturated carbocycles. The average molecular weight is 573 g/mol. The summed E-state index contributed by atoms with van der Waals surface area (Å²) < 4.78 is 41.7. The van der Waals surface area contributed by atoms with E-state index in [-0.39, 0.29) is 10.3 Å². The number of hydrogen-bond donors (Lipinski definition) is 3. The van der Waals surface area contributed by atoms with Gasteiger partial charge in [-0.05, 0) is 48.5 Å². The van der Waals surface area contributed by atoms with Crippen LogP contribution in [0.1, 0.15) is 0 Å². The highest BCUT2D eigenvalue weighted by Gasteiger charge is 2.24. The summed E-state index contributed by atoms with van der Waals surface area (Å²) in [6.07, 6.45) is 0. The van der Waals surface area contributed by atoms with E-state index in [1.54, 1.807) is 42.5 Å². The van der Waals surface area contributed by atoms with Crippen LogP contribution in [0.15, 0.2) is 112 Å². The van der Waals surface area contributed by atoms with Crippen molar-refractivity contribution in [3.8, 4) is 17.1 Å². The summed E-state index contributed by atoms with van der Waals surface area (Å²) in [7, 11) is -4.61. The summed E-state index contributed by atoms with van der Waals surface area (Å²) in [6.45, 7) is 0. The molecule has 6 rings (SSSR count). The molecule has 200 valence electrons. The maximum absolute atomic E-state index is 12.5. The first kappa shape index (κ1) is 26.0. The van der Waals surface area contributed by atoms with Crippen LogP contribution in [0.4, 0.5) is 11.4 Å². The van der Waals surface area contributed by atoms with Crippen LogP contribution >= 0.6 is 12.0 Å². The summed E-state index contributed by atoms with van der Waals surface area (Å²) in [6, 6.07) is 28.4. The number of anilines is 1. The van der Waals surface area contributed by atoms with Crippen LogP contribution in [-0.2, 0) is 19.5 Å². The van der Waals surface area contributed by atoms with Crippen molar-refractivity contribution in [2.75, 3.05) is 5.73 Å². The van der Waals surface area contributed by atoms with Crippen molar-refractivity contribution in [3.63, 3.8) is 0 Å². The Morgan fingerprint density at radius 1 is 0.925 bits per heavy atom. The zero-order chi connectivity index (χ0) is 27.9. The molecule has 0 radical (unpaired) electrons. The van der Waals surface area contributed by atoms with E-state index in [1.807, 2.05) is 53.1 Å². The molecule has 0 amide bonds. The van der Waals surface area contributed by atoms with E-state index in [0.29, 0.717) is 61.5 Å². The molecule has 10 nitrogen and oxygen atoms in total. The second-order valence-electron chi connectivity index (χ2n) is 8.75. The van der Waals surface area contributed by atoms with Gasteiger partial charge < -0.3 is 10.3 Å². The van der Waals surface area contributed by atoms with Crippen LogP contribution in [-0.4, -0.2) is 27.8 Å². The number of nitrogens with two attached hydrogens (primary N) is 1. The van der Waals surface area contributed by atoms with Crippen molar-refractivity contribution in [3.05, 3.63) is 102 Å². The molecule has 1 heterocycles. The van der Waals surface area contributed by atoms with Crippen molar-refractivity contribution < 1.29 is 27.6 Å². The molecule has 2 aliphatic rings. The van der Waals surface area contributed by atoms with Gasteiger partial charge in [0.25, 0.3) is 10.1 Å². The molecular formula is C28H20N4O6S2. The topological polar surface area (TPSA) is 149 Å². The van der Waals surface area contributed by atoms with E-state index < -0.39 is 10.1 Å². The van der Waals surface area contributed by atoms with Gasteiger partial charge in [0.05, 0.1) is 50.4 Å². The number of benzene rings is 5. The SMILES string of the molecule is Nc1cc2c(cc1SOOO)nc1c3cccc(S(=O)(=O)O)c3c(=Nc3ccccc3)cc-1n2-c1ccccc1. The van der Waals surface area contributed by atoms with Crippen molar-refractivity contribution in [2.45, 2.75) is 9.79 Å². The summed E-state index contributed by atoms with van der Waals surface area (Å²) in [5.41, 5.74) is 10.3. The van der Waals surface area contributed by atoms with Crippen molar-refractivity contribution >= 4 is 55.3 Å². The Labute approximate surface area is 232 Å². The molecule has 0 saturated heterocycles. The third kappa shape index (κ3) is 4.69. The molecule has 4 aromatic carbocycles. The number of nitrogen functional groups attached to an aromatic ring is 1. The molecule has 1 aliphatic heterocycles. The van der Waals surface area contributed by atoms with Gasteiger partial charge in [0.1, 0.15) is 4.90 Å². The minimum atomic E-state index is -4.61. The number of aromatic nitrogens is 2. The largest absolute Gasteiger partial charge is 0.398 e. The fourth-order valence-electron chi connectivity index (χ4n) is 4.71. The minimum Gasteiger partial charge on any atom is -0.398 e. The van der Waals surface area contributed by atoms with Gasteiger partial charge in [-0.3, -0.25) is 4.55 Å². The molecule has 0 atom stereocenters. The van der Waals surface area contributed by atoms with Gasteiger partial charge in [0, 0.05) is 22.1 Å². The Hall–Kier alpha value is -4.30. The Bertz CT molecular complexity index is 2030. The first-order valence-electron chi connectivity index (χ1n) is 11.8. The zero-order valence-corrected chi connectivity index (χ0v) is 22.1. The van der Waals surface area contributed by atoms with Gasteiger partial charge in [-0.25, -0.2) is 15.2 Å². The Morgan fingerprint density at radius 3 is 2.35 bits per heavy atom. The number of para-hydroxylation sites is 2. The highest BCUT2D eigenvalue weighted by Crippen LogP contribution is 2.38. The number of rotatable bonds is 6. The maximum atomic E-state index is 12.5. The van der Waals surface area contributed by atoms with E-state index >= 15 is 0 Å². The Balaban J connectivity index is 1.84. The fraction of sp³-hybridized carbons (Fsp3) is 0. The number of nitrogens with zero attached hydrogens (tertiary/aromatic N) is 3. The number of fused-ring (bicyclic) bond motifs is 4. The fourth-order valence-corrected chi connectivity index (χ4v) is 5.85. The van der Waals surface area contributed by atoms with Gasteiger partial charge in [-0.2, -0.15) is 8.42 Å². The molecule has 0 bridgehead atoms. The molecule has 12 heteroatoms. The molecule has 4 N–H and O–H groups in total.